The minimum absolute atomic E-state index is 0.0212. The fraction of sp³-hybridized carbons (Fsp3) is 0.238. The fourth-order valence-corrected chi connectivity index (χ4v) is 5.62. The Labute approximate surface area is 136 Å². The minimum atomic E-state index is 0.0212. The van der Waals surface area contributed by atoms with Crippen molar-refractivity contribution in [2.45, 2.75) is 41.2 Å². The molecule has 0 aliphatic heterocycles. The van der Waals surface area contributed by atoms with Gasteiger partial charge in [0.25, 0.3) is 0 Å². The Morgan fingerprint density at radius 3 is 1.86 bits per heavy atom. The molecule has 0 spiro atoms. The predicted molar refractivity (Wildman–Crippen MR) is 97.3 cm³/mol. The monoisotopic (exact) mass is 307 g/mol. The molecule has 0 bridgehead atoms. The van der Waals surface area contributed by atoms with Gasteiger partial charge in [-0.3, -0.25) is 0 Å². The molecule has 3 rings (SSSR count). The lowest BCUT2D eigenvalue weighted by Gasteiger charge is -2.25. The maximum absolute atomic E-state index is 2.44. The molecule has 0 saturated heterocycles. The highest BCUT2D eigenvalue weighted by Gasteiger charge is 2.49. The second-order valence-corrected chi connectivity index (χ2v) is 8.19. The summed E-state index contributed by atoms with van der Waals surface area (Å²) in [6.45, 7) is 4.61. The molecule has 0 amide bonds. The van der Waals surface area contributed by atoms with E-state index in [0.717, 1.165) is 12.8 Å². The van der Waals surface area contributed by atoms with Crippen LogP contribution in [0.1, 0.15) is 26.7 Å². The van der Waals surface area contributed by atoms with E-state index in [2.05, 4.69) is 92.7 Å². The first-order chi connectivity index (χ1) is 10.8. The van der Waals surface area contributed by atoms with Gasteiger partial charge in [-0.2, -0.15) is 0 Å². The van der Waals surface area contributed by atoms with Gasteiger partial charge in [-0.25, -0.2) is 0 Å². The molecule has 0 saturated carbocycles. The summed E-state index contributed by atoms with van der Waals surface area (Å²) in [5.74, 6) is 0. The highest BCUT2D eigenvalue weighted by atomic mass is 32.2. The molecule has 1 aliphatic rings. The van der Waals surface area contributed by atoms with E-state index in [-0.39, 0.29) is 15.6 Å². The summed E-state index contributed by atoms with van der Waals surface area (Å²) in [6.07, 6.45) is 9.39. The quantitative estimate of drug-likeness (QED) is 0.469. The summed E-state index contributed by atoms with van der Waals surface area (Å²) in [6, 6.07) is 21.9. The lowest BCUT2D eigenvalue weighted by molar-refractivity contribution is 0.927. The molecule has 0 nitrogen and oxygen atoms in total. The van der Waals surface area contributed by atoms with Crippen molar-refractivity contribution in [1.82, 2.24) is 0 Å². The van der Waals surface area contributed by atoms with Crippen molar-refractivity contribution >= 4 is 10.9 Å². The third-order valence-electron chi connectivity index (χ3n) is 4.10. The molecule has 1 aliphatic carbocycles. The summed E-state index contributed by atoms with van der Waals surface area (Å²) in [7, 11) is 0.0212. The van der Waals surface area contributed by atoms with Crippen LogP contribution in [0.5, 0.6) is 0 Å². The molecule has 0 fully saturated rings. The van der Waals surface area contributed by atoms with Gasteiger partial charge < -0.3 is 0 Å². The molecule has 0 aromatic heterocycles. The molecule has 1 unspecified atom stereocenters. The lowest BCUT2D eigenvalue weighted by atomic mass is 10.1. The Morgan fingerprint density at radius 2 is 1.45 bits per heavy atom. The summed E-state index contributed by atoms with van der Waals surface area (Å²) in [5, 5.41) is 0. The van der Waals surface area contributed by atoms with Crippen molar-refractivity contribution < 1.29 is 0 Å². The van der Waals surface area contributed by atoms with Crippen LogP contribution < -0.4 is 0 Å². The van der Waals surface area contributed by atoms with E-state index in [0.29, 0.717) is 0 Å². The van der Waals surface area contributed by atoms with Crippen molar-refractivity contribution in [3.63, 3.8) is 0 Å². The Morgan fingerprint density at radius 1 is 0.955 bits per heavy atom. The van der Waals surface area contributed by atoms with E-state index in [1.165, 1.54) is 9.79 Å². The van der Waals surface area contributed by atoms with E-state index in [4.69, 9.17) is 0 Å². The van der Waals surface area contributed by atoms with Crippen LogP contribution in [0.2, 0.25) is 0 Å². The van der Waals surface area contributed by atoms with Crippen LogP contribution in [-0.4, -0.2) is 4.75 Å². The average molecular weight is 307 g/mol. The predicted octanol–water partition coefficient (Wildman–Crippen LogP) is 5.78. The zero-order valence-electron chi connectivity index (χ0n) is 13.3. The molecule has 2 aromatic rings. The number of allylic oxidation sites excluding steroid dienone is 2. The molecule has 1 atom stereocenters. The first-order valence-electron chi connectivity index (χ1n) is 7.97. The van der Waals surface area contributed by atoms with Gasteiger partial charge in [0.2, 0.25) is 0 Å². The zero-order chi connectivity index (χ0) is 15.4. The van der Waals surface area contributed by atoms with Crippen molar-refractivity contribution in [2.75, 3.05) is 0 Å². The molecule has 0 N–H and O–H groups in total. The standard InChI is InChI=1S/C21H23S/c1-3-4-17-21(2,18-15-16-18)22(19-11-7-5-8-12-19)20-13-9-6-10-14-20/h4-15,17H,3,16H2,1-2H3/q+1/b17-4-. The fourth-order valence-electron chi connectivity index (χ4n) is 2.84. The second-order valence-electron chi connectivity index (χ2n) is 5.78. The zero-order valence-corrected chi connectivity index (χ0v) is 14.1. The lowest BCUT2D eigenvalue weighted by Crippen LogP contribution is -2.33. The van der Waals surface area contributed by atoms with E-state index in [9.17, 15) is 0 Å². The highest BCUT2D eigenvalue weighted by molar-refractivity contribution is 7.98. The summed E-state index contributed by atoms with van der Waals surface area (Å²) in [4.78, 5) is 2.84. The van der Waals surface area contributed by atoms with Gasteiger partial charge in [0.1, 0.15) is 0 Å². The van der Waals surface area contributed by atoms with Crippen molar-refractivity contribution in [3.8, 4) is 0 Å². The molecule has 0 heterocycles. The van der Waals surface area contributed by atoms with E-state index in [1.54, 1.807) is 5.57 Å². The molecule has 2 aromatic carbocycles. The Hall–Kier alpha value is -1.73. The van der Waals surface area contributed by atoms with Gasteiger partial charge in [-0.05, 0) is 55.7 Å². The van der Waals surface area contributed by atoms with Crippen LogP contribution in [-0.2, 0) is 10.9 Å². The van der Waals surface area contributed by atoms with Gasteiger partial charge in [0.05, 0.1) is 10.9 Å². The maximum Gasteiger partial charge on any atom is 0.175 e. The van der Waals surface area contributed by atoms with Crippen molar-refractivity contribution in [3.05, 3.63) is 84.5 Å². The topological polar surface area (TPSA) is 0 Å². The molecule has 22 heavy (non-hydrogen) atoms. The van der Waals surface area contributed by atoms with Crippen LogP contribution >= 0.6 is 0 Å². The van der Waals surface area contributed by atoms with Crippen LogP contribution in [0.4, 0.5) is 0 Å². The van der Waals surface area contributed by atoms with Gasteiger partial charge in [0.15, 0.2) is 14.5 Å². The summed E-state index contributed by atoms with van der Waals surface area (Å²) >= 11 is 0. The Balaban J connectivity index is 2.12. The number of hydrogen-bond acceptors (Lipinski definition) is 0. The maximum atomic E-state index is 2.44. The van der Waals surface area contributed by atoms with Gasteiger partial charge in [-0.1, -0.05) is 55.5 Å². The van der Waals surface area contributed by atoms with E-state index >= 15 is 0 Å². The molecule has 0 radical (unpaired) electrons. The number of hydrogen-bond donors (Lipinski definition) is 0. The van der Waals surface area contributed by atoms with Gasteiger partial charge >= 0.3 is 0 Å². The number of benzene rings is 2. The summed E-state index contributed by atoms with van der Waals surface area (Å²) in [5.41, 5.74) is 1.58. The highest BCUT2D eigenvalue weighted by Crippen LogP contribution is 2.46. The first kappa shape index (κ1) is 15.2. The molecular formula is C21H23S+. The van der Waals surface area contributed by atoms with E-state index < -0.39 is 0 Å². The van der Waals surface area contributed by atoms with Crippen LogP contribution in [0.3, 0.4) is 0 Å². The van der Waals surface area contributed by atoms with Crippen LogP contribution in [0.15, 0.2) is 94.3 Å². The molecule has 1 heteroatoms. The Kier molecular flexibility index (Phi) is 4.54. The summed E-state index contributed by atoms with van der Waals surface area (Å²) < 4.78 is 0.0959. The largest absolute Gasteiger partial charge is 0.175 e. The van der Waals surface area contributed by atoms with E-state index in [1.807, 2.05) is 0 Å². The number of rotatable bonds is 6. The van der Waals surface area contributed by atoms with Gasteiger partial charge in [0, 0.05) is 0 Å². The average Bonchev–Trinajstić information content (AvgIpc) is 3.41. The first-order valence-corrected chi connectivity index (χ1v) is 9.20. The van der Waals surface area contributed by atoms with Crippen molar-refractivity contribution in [1.29, 1.82) is 0 Å². The SMILES string of the molecule is CC/C=C\C(C)(C1=CC1)[S+](c1ccccc1)c1ccccc1. The Bertz CT molecular complexity index is 630. The second kappa shape index (κ2) is 6.58. The van der Waals surface area contributed by atoms with Crippen molar-refractivity contribution in [2.24, 2.45) is 0 Å². The third-order valence-corrected chi connectivity index (χ3v) is 6.83. The third kappa shape index (κ3) is 3.05. The van der Waals surface area contributed by atoms with Crippen LogP contribution in [0, 0.1) is 0 Å². The minimum Gasteiger partial charge on any atom is -0.0832 e. The molecule has 112 valence electrons. The van der Waals surface area contributed by atoms with Crippen LogP contribution in [0.25, 0.3) is 0 Å². The molecular weight excluding hydrogens is 284 g/mol. The normalized spacial score (nSPS) is 16.6. The van der Waals surface area contributed by atoms with Gasteiger partial charge in [-0.15, -0.1) is 0 Å². The smallest absolute Gasteiger partial charge is 0.0832 e.